The molecule has 0 aromatic heterocycles. The third-order valence-electron chi connectivity index (χ3n) is 1.41. The average molecular weight is 159 g/mol. The molecule has 0 spiro atoms. The van der Waals surface area contributed by atoms with Crippen molar-refractivity contribution in [1.29, 1.82) is 0 Å². The Labute approximate surface area is 67.8 Å². The van der Waals surface area contributed by atoms with Gasteiger partial charge < -0.3 is 10.4 Å². The lowest BCUT2D eigenvalue weighted by molar-refractivity contribution is -0.129. The van der Waals surface area contributed by atoms with Crippen LogP contribution >= 0.6 is 0 Å². The fraction of sp³-hybridized carbons (Fsp3) is 0.875. The highest BCUT2D eigenvalue weighted by atomic mass is 16.3. The molecule has 0 aliphatic rings. The Bertz CT molecular complexity index is 115. The van der Waals surface area contributed by atoms with Crippen LogP contribution in [-0.2, 0) is 4.79 Å². The maximum atomic E-state index is 10.9. The second-order valence-corrected chi connectivity index (χ2v) is 2.60. The van der Waals surface area contributed by atoms with E-state index in [4.69, 9.17) is 5.11 Å². The fourth-order valence-corrected chi connectivity index (χ4v) is 0.771. The van der Waals surface area contributed by atoms with E-state index in [1.807, 2.05) is 13.8 Å². The van der Waals surface area contributed by atoms with Gasteiger partial charge in [-0.25, -0.2) is 0 Å². The van der Waals surface area contributed by atoms with E-state index < -0.39 is 6.10 Å². The third kappa shape index (κ3) is 4.79. The number of hydrogen-bond donors (Lipinski definition) is 2. The average Bonchev–Trinajstić information content (AvgIpc) is 2.00. The van der Waals surface area contributed by atoms with Crippen LogP contribution in [0.3, 0.4) is 0 Å². The van der Waals surface area contributed by atoms with Crippen molar-refractivity contribution in [3.8, 4) is 0 Å². The summed E-state index contributed by atoms with van der Waals surface area (Å²) in [6.45, 7) is 4.57. The van der Waals surface area contributed by atoms with Gasteiger partial charge in [-0.1, -0.05) is 20.3 Å². The van der Waals surface area contributed by atoms with E-state index in [2.05, 4.69) is 5.32 Å². The normalized spacial score (nSPS) is 12.6. The number of hydrogen-bond acceptors (Lipinski definition) is 2. The molecule has 1 atom stereocenters. The molecule has 0 radical (unpaired) electrons. The van der Waals surface area contributed by atoms with Gasteiger partial charge in [0.15, 0.2) is 0 Å². The molecular formula is C8H17NO2. The van der Waals surface area contributed by atoms with Crippen LogP contribution in [-0.4, -0.2) is 23.7 Å². The first-order valence-corrected chi connectivity index (χ1v) is 4.18. The van der Waals surface area contributed by atoms with E-state index in [-0.39, 0.29) is 5.91 Å². The van der Waals surface area contributed by atoms with E-state index >= 15 is 0 Å². The van der Waals surface area contributed by atoms with Gasteiger partial charge in [-0.15, -0.1) is 0 Å². The quantitative estimate of drug-likeness (QED) is 0.619. The van der Waals surface area contributed by atoms with E-state index in [1.165, 1.54) is 0 Å². The number of aliphatic hydroxyl groups excluding tert-OH is 1. The van der Waals surface area contributed by atoms with Crippen LogP contribution in [0.25, 0.3) is 0 Å². The minimum Gasteiger partial charge on any atom is -0.383 e. The monoisotopic (exact) mass is 159 g/mol. The lowest BCUT2D eigenvalue weighted by Crippen LogP contribution is -2.34. The molecule has 0 heterocycles. The van der Waals surface area contributed by atoms with E-state index in [0.717, 1.165) is 12.8 Å². The molecule has 2 N–H and O–H groups in total. The summed E-state index contributed by atoms with van der Waals surface area (Å²) in [5.74, 6) is -0.242. The summed E-state index contributed by atoms with van der Waals surface area (Å²) < 4.78 is 0. The first-order valence-electron chi connectivity index (χ1n) is 4.18. The Morgan fingerprint density at radius 2 is 2.09 bits per heavy atom. The summed E-state index contributed by atoms with van der Waals surface area (Å²) >= 11 is 0. The van der Waals surface area contributed by atoms with Crippen LogP contribution in [0.5, 0.6) is 0 Å². The van der Waals surface area contributed by atoms with Crippen LogP contribution in [0.15, 0.2) is 0 Å². The first-order chi connectivity index (χ1) is 5.22. The van der Waals surface area contributed by atoms with Gasteiger partial charge in [-0.05, 0) is 12.8 Å². The van der Waals surface area contributed by atoms with Gasteiger partial charge in [0, 0.05) is 6.54 Å². The molecule has 0 saturated carbocycles. The Hall–Kier alpha value is -0.570. The van der Waals surface area contributed by atoms with Crippen molar-refractivity contribution in [2.45, 2.75) is 39.2 Å². The summed E-state index contributed by atoms with van der Waals surface area (Å²) in [6.07, 6.45) is 1.48. The Balaban J connectivity index is 3.47. The van der Waals surface area contributed by atoms with Crippen molar-refractivity contribution >= 4 is 5.91 Å². The smallest absolute Gasteiger partial charge is 0.248 e. The van der Waals surface area contributed by atoms with Crippen molar-refractivity contribution in [2.75, 3.05) is 6.54 Å². The van der Waals surface area contributed by atoms with Gasteiger partial charge >= 0.3 is 0 Å². The zero-order valence-corrected chi connectivity index (χ0v) is 7.26. The highest BCUT2D eigenvalue weighted by Crippen LogP contribution is 1.95. The molecule has 11 heavy (non-hydrogen) atoms. The number of nitrogens with one attached hydrogen (secondary N) is 1. The molecule has 3 nitrogen and oxygen atoms in total. The van der Waals surface area contributed by atoms with Crippen LogP contribution in [0.4, 0.5) is 0 Å². The molecule has 1 unspecified atom stereocenters. The Morgan fingerprint density at radius 1 is 1.45 bits per heavy atom. The molecule has 0 bridgehead atoms. The molecule has 0 rings (SSSR count). The number of amides is 1. The van der Waals surface area contributed by atoms with Crippen LogP contribution in [0.1, 0.15) is 33.1 Å². The predicted molar refractivity (Wildman–Crippen MR) is 44.2 cm³/mol. The lowest BCUT2D eigenvalue weighted by Gasteiger charge is -2.08. The molecule has 0 aromatic rings. The van der Waals surface area contributed by atoms with Crippen molar-refractivity contribution in [3.63, 3.8) is 0 Å². The second-order valence-electron chi connectivity index (χ2n) is 2.60. The summed E-state index contributed by atoms with van der Waals surface area (Å²) in [4.78, 5) is 10.9. The highest BCUT2D eigenvalue weighted by molar-refractivity contribution is 5.80. The number of carbonyl (C=O) groups excluding carboxylic acids is 1. The van der Waals surface area contributed by atoms with E-state index in [9.17, 15) is 4.79 Å². The summed E-state index contributed by atoms with van der Waals surface area (Å²) in [5.41, 5.74) is 0. The van der Waals surface area contributed by atoms with Crippen molar-refractivity contribution in [2.24, 2.45) is 0 Å². The molecule has 0 fully saturated rings. The SMILES string of the molecule is CCCNC(=O)C(O)CCC. The Kier molecular flexibility index (Phi) is 5.84. The lowest BCUT2D eigenvalue weighted by atomic mass is 10.2. The maximum Gasteiger partial charge on any atom is 0.248 e. The van der Waals surface area contributed by atoms with Crippen LogP contribution in [0, 0.1) is 0 Å². The standard InChI is InChI=1S/C8H17NO2/c1-3-5-7(10)8(11)9-6-4-2/h7,10H,3-6H2,1-2H3,(H,9,11). The molecule has 66 valence electrons. The number of aliphatic hydroxyl groups is 1. The first kappa shape index (κ1) is 10.4. The summed E-state index contributed by atoms with van der Waals surface area (Å²) in [7, 11) is 0. The zero-order valence-electron chi connectivity index (χ0n) is 7.26. The predicted octanol–water partition coefficient (Wildman–Crippen LogP) is 0.674. The maximum absolute atomic E-state index is 10.9. The van der Waals surface area contributed by atoms with Crippen molar-refractivity contribution < 1.29 is 9.90 Å². The Morgan fingerprint density at radius 3 is 2.55 bits per heavy atom. The molecule has 0 aliphatic heterocycles. The largest absolute Gasteiger partial charge is 0.383 e. The molecule has 0 aliphatic carbocycles. The summed E-state index contributed by atoms with van der Waals surface area (Å²) in [5, 5.41) is 11.8. The topological polar surface area (TPSA) is 49.3 Å². The molecular weight excluding hydrogens is 142 g/mol. The minimum absolute atomic E-state index is 0.242. The second kappa shape index (κ2) is 6.16. The van der Waals surface area contributed by atoms with Gasteiger partial charge in [-0.2, -0.15) is 0 Å². The van der Waals surface area contributed by atoms with Gasteiger partial charge in [-0.3, -0.25) is 4.79 Å². The van der Waals surface area contributed by atoms with Gasteiger partial charge in [0.1, 0.15) is 6.10 Å². The van der Waals surface area contributed by atoms with Crippen LogP contribution < -0.4 is 5.32 Å². The van der Waals surface area contributed by atoms with E-state index in [1.54, 1.807) is 0 Å². The highest BCUT2D eigenvalue weighted by Gasteiger charge is 2.11. The van der Waals surface area contributed by atoms with Crippen molar-refractivity contribution in [1.82, 2.24) is 5.32 Å². The van der Waals surface area contributed by atoms with Crippen molar-refractivity contribution in [3.05, 3.63) is 0 Å². The van der Waals surface area contributed by atoms with Crippen LogP contribution in [0.2, 0.25) is 0 Å². The molecule has 0 aromatic carbocycles. The molecule has 1 amide bonds. The van der Waals surface area contributed by atoms with E-state index in [0.29, 0.717) is 13.0 Å². The zero-order chi connectivity index (χ0) is 8.69. The minimum atomic E-state index is -0.813. The molecule has 0 saturated heterocycles. The van der Waals surface area contributed by atoms with Gasteiger partial charge in [0.25, 0.3) is 0 Å². The van der Waals surface area contributed by atoms with Gasteiger partial charge in [0.05, 0.1) is 0 Å². The third-order valence-corrected chi connectivity index (χ3v) is 1.41. The van der Waals surface area contributed by atoms with Gasteiger partial charge in [0.2, 0.25) is 5.91 Å². The number of rotatable bonds is 5. The fourth-order valence-electron chi connectivity index (χ4n) is 0.771. The number of carbonyl (C=O) groups is 1. The molecule has 3 heteroatoms. The summed E-state index contributed by atoms with van der Waals surface area (Å²) in [6, 6.07) is 0.